The molecule has 0 unspecified atom stereocenters. The first-order valence-corrected chi connectivity index (χ1v) is 11.5. The first-order chi connectivity index (χ1) is 18.9. The van der Waals surface area contributed by atoms with Gasteiger partial charge in [0, 0.05) is 12.2 Å². The largest absolute Gasteiger partial charge is 0.481 e. The third-order valence-electron chi connectivity index (χ3n) is 5.57. The van der Waals surface area contributed by atoms with Crippen LogP contribution in [-0.4, -0.2) is 68.7 Å². The van der Waals surface area contributed by atoms with Gasteiger partial charge in [0.2, 0.25) is 5.91 Å². The van der Waals surface area contributed by atoms with E-state index >= 15 is 0 Å². The predicted molar refractivity (Wildman–Crippen MR) is 140 cm³/mol. The highest BCUT2D eigenvalue weighted by atomic mass is 16.4. The van der Waals surface area contributed by atoms with Crippen molar-refractivity contribution in [2.45, 2.75) is 24.9 Å². The Morgan fingerprint density at radius 3 is 2.08 bits per heavy atom. The average molecular weight is 554 g/mol. The molecule has 7 N–H and O–H groups in total. The van der Waals surface area contributed by atoms with Crippen LogP contribution in [0.25, 0.3) is 0 Å². The number of carboxylic acids is 3. The average Bonchev–Trinajstić information content (AvgIpc) is 3.12. The number of hydrogen-bond acceptors (Lipinski definition) is 8. The van der Waals surface area contributed by atoms with Gasteiger partial charge < -0.3 is 31.8 Å². The maximum Gasteiger partial charge on any atom is 0.328 e. The van der Waals surface area contributed by atoms with Gasteiger partial charge in [-0.05, 0) is 23.6 Å². The predicted octanol–water partition coefficient (Wildman–Crippen LogP) is 0.790. The lowest BCUT2D eigenvalue weighted by atomic mass is 9.91. The maximum atomic E-state index is 13.0. The molecule has 0 saturated carbocycles. The zero-order valence-electron chi connectivity index (χ0n) is 21.2. The van der Waals surface area contributed by atoms with E-state index in [0.29, 0.717) is 23.3 Å². The fourth-order valence-electron chi connectivity index (χ4n) is 3.66. The normalized spacial score (nSPS) is 17.2. The molecule has 2 aromatic carbocycles. The Kier molecular flexibility index (Phi) is 10.6. The number of aliphatic carboxylic acids is 3. The molecule has 1 aliphatic rings. The van der Waals surface area contributed by atoms with Gasteiger partial charge in [-0.25, -0.2) is 14.4 Å². The van der Waals surface area contributed by atoms with Gasteiger partial charge in [0.05, 0.1) is 18.7 Å². The first kappa shape index (κ1) is 30.7. The minimum atomic E-state index is -1.35. The summed E-state index contributed by atoms with van der Waals surface area (Å²) in [6, 6.07) is 13.8. The quantitative estimate of drug-likeness (QED) is 0.0796. The molecule has 0 spiro atoms. The highest BCUT2D eigenvalue weighted by Gasteiger charge is 2.49. The Morgan fingerprint density at radius 1 is 1.00 bits per heavy atom. The molecule has 1 fully saturated rings. The highest BCUT2D eigenvalue weighted by Crippen LogP contribution is 2.29. The number of nitrogens with zero attached hydrogens (tertiary/aromatic N) is 2. The van der Waals surface area contributed by atoms with Crippen LogP contribution in [0, 0.1) is 0 Å². The number of rotatable bonds is 10. The minimum absolute atomic E-state index is 0.341. The van der Waals surface area contributed by atoms with Gasteiger partial charge in [0.1, 0.15) is 12.1 Å². The Morgan fingerprint density at radius 2 is 1.57 bits per heavy atom. The van der Waals surface area contributed by atoms with Crippen LogP contribution in [0.15, 0.2) is 71.9 Å². The van der Waals surface area contributed by atoms with E-state index in [9.17, 15) is 33.9 Å². The van der Waals surface area contributed by atoms with Gasteiger partial charge in [0.15, 0.2) is 0 Å². The molecule has 14 nitrogen and oxygen atoms in total. The fraction of sp³-hybridized carbons (Fsp3) is 0.192. The molecule has 14 heteroatoms. The standard InChI is InChI=1S/C22H23N5O5.C4H4O4/c1-22(16-9-7-14(8-10-16)12-24-23)20(31)27(21(32)26-22)13-18(28)25-17(11-19(29)30)15-5-3-2-4-6-15;5-3(6)1-2-4(7)8/h2-10,12,17H,11,13,23H2,1H3,(H,25,28)(H,26,32)(H,29,30);1-2H,(H,5,6)(H,7,8)/t17-,22-;/m0./s1. The summed E-state index contributed by atoms with van der Waals surface area (Å²) >= 11 is 0. The summed E-state index contributed by atoms with van der Waals surface area (Å²) in [4.78, 5) is 69.3. The van der Waals surface area contributed by atoms with Gasteiger partial charge in [-0.3, -0.25) is 19.3 Å². The molecule has 1 heterocycles. The molecular formula is C26H27N5O9. The van der Waals surface area contributed by atoms with Crippen molar-refractivity contribution in [1.29, 1.82) is 0 Å². The zero-order chi connectivity index (χ0) is 29.9. The lowest BCUT2D eigenvalue weighted by molar-refractivity contribution is -0.138. The van der Waals surface area contributed by atoms with E-state index in [4.69, 9.17) is 16.1 Å². The summed E-state index contributed by atoms with van der Waals surface area (Å²) in [6.45, 7) is 1.01. The van der Waals surface area contributed by atoms with Gasteiger partial charge in [0.25, 0.3) is 5.91 Å². The summed E-state index contributed by atoms with van der Waals surface area (Å²) in [6.07, 6.45) is 2.22. The van der Waals surface area contributed by atoms with Crippen LogP contribution in [0.4, 0.5) is 4.79 Å². The number of hydrazone groups is 1. The van der Waals surface area contributed by atoms with E-state index in [1.54, 1.807) is 61.5 Å². The number of nitrogens with one attached hydrogen (secondary N) is 2. The van der Waals surface area contributed by atoms with Gasteiger partial charge in [-0.15, -0.1) is 0 Å². The zero-order valence-corrected chi connectivity index (χ0v) is 21.2. The van der Waals surface area contributed by atoms with Crippen molar-refractivity contribution in [3.63, 3.8) is 0 Å². The summed E-state index contributed by atoms with van der Waals surface area (Å²) in [7, 11) is 0. The molecule has 0 radical (unpaired) electrons. The molecule has 0 aliphatic carbocycles. The number of amides is 4. The number of carboxylic acid groups (broad SMARTS) is 3. The van der Waals surface area contributed by atoms with Crippen molar-refractivity contribution >= 4 is 42.0 Å². The van der Waals surface area contributed by atoms with Crippen molar-refractivity contribution in [3.05, 3.63) is 83.4 Å². The smallest absolute Gasteiger partial charge is 0.328 e. The number of nitrogens with two attached hydrogens (primary N) is 1. The van der Waals surface area contributed by atoms with Gasteiger partial charge in [-0.1, -0.05) is 54.6 Å². The van der Waals surface area contributed by atoms with Crippen molar-refractivity contribution in [2.75, 3.05) is 6.54 Å². The van der Waals surface area contributed by atoms with Crippen LogP contribution in [0.3, 0.4) is 0 Å². The molecule has 0 aromatic heterocycles. The van der Waals surface area contributed by atoms with E-state index in [-0.39, 0.29) is 6.42 Å². The molecular weight excluding hydrogens is 526 g/mol. The third kappa shape index (κ3) is 8.51. The van der Waals surface area contributed by atoms with Crippen molar-refractivity contribution in [3.8, 4) is 0 Å². The topological polar surface area (TPSA) is 229 Å². The Hall–Kier alpha value is -5.53. The second kappa shape index (κ2) is 13.9. The molecule has 0 bridgehead atoms. The minimum Gasteiger partial charge on any atom is -0.481 e. The summed E-state index contributed by atoms with van der Waals surface area (Å²) < 4.78 is 0. The number of urea groups is 1. The van der Waals surface area contributed by atoms with Gasteiger partial charge >= 0.3 is 23.9 Å². The fourth-order valence-corrected chi connectivity index (χ4v) is 3.66. The lowest BCUT2D eigenvalue weighted by Gasteiger charge is -2.23. The number of imide groups is 1. The first-order valence-electron chi connectivity index (χ1n) is 11.5. The maximum absolute atomic E-state index is 13.0. The highest BCUT2D eigenvalue weighted by molar-refractivity contribution is 6.09. The van der Waals surface area contributed by atoms with Crippen LogP contribution in [-0.2, 0) is 29.5 Å². The number of carbonyl (C=O) groups excluding carboxylic acids is 3. The van der Waals surface area contributed by atoms with Crippen LogP contribution in [0.5, 0.6) is 0 Å². The molecule has 210 valence electrons. The summed E-state index contributed by atoms with van der Waals surface area (Å²) in [5, 5.41) is 33.5. The van der Waals surface area contributed by atoms with Crippen LogP contribution in [0.1, 0.15) is 36.1 Å². The Balaban J connectivity index is 0.000000611. The van der Waals surface area contributed by atoms with Gasteiger partial charge in [-0.2, -0.15) is 5.10 Å². The third-order valence-corrected chi connectivity index (χ3v) is 5.57. The van der Waals surface area contributed by atoms with E-state index in [1.165, 1.54) is 6.21 Å². The van der Waals surface area contributed by atoms with E-state index in [2.05, 4.69) is 15.7 Å². The number of benzene rings is 2. The molecule has 4 amide bonds. The summed E-state index contributed by atoms with van der Waals surface area (Å²) in [5.74, 6) is 0.283. The van der Waals surface area contributed by atoms with E-state index in [0.717, 1.165) is 10.5 Å². The molecule has 40 heavy (non-hydrogen) atoms. The van der Waals surface area contributed by atoms with Crippen LogP contribution < -0.4 is 16.5 Å². The SMILES string of the molecule is C[C@@]1(c2ccc(C=NN)cc2)NC(=O)N(CC(=O)N[C@@H](CC(=O)O)c2ccccc2)C1=O.O=C(O)C=CC(=O)O. The number of carbonyl (C=O) groups is 6. The monoisotopic (exact) mass is 553 g/mol. The molecule has 2 aromatic rings. The van der Waals surface area contributed by atoms with Crippen LogP contribution >= 0.6 is 0 Å². The van der Waals surface area contributed by atoms with E-state index in [1.807, 2.05) is 0 Å². The second-order valence-corrected chi connectivity index (χ2v) is 8.49. The Bertz CT molecular complexity index is 1310. The molecule has 3 rings (SSSR count). The second-order valence-electron chi connectivity index (χ2n) is 8.49. The summed E-state index contributed by atoms with van der Waals surface area (Å²) in [5.41, 5.74) is 0.501. The molecule has 1 aliphatic heterocycles. The Labute approximate surface area is 227 Å². The molecule has 2 atom stereocenters. The number of hydrogen-bond donors (Lipinski definition) is 6. The van der Waals surface area contributed by atoms with Crippen molar-refractivity contribution in [1.82, 2.24) is 15.5 Å². The van der Waals surface area contributed by atoms with E-state index < -0.39 is 53.9 Å². The van der Waals surface area contributed by atoms with Crippen molar-refractivity contribution < 1.29 is 44.1 Å². The van der Waals surface area contributed by atoms with Crippen LogP contribution in [0.2, 0.25) is 0 Å². The molecule has 1 saturated heterocycles. The van der Waals surface area contributed by atoms with Crippen molar-refractivity contribution in [2.24, 2.45) is 10.9 Å². The lowest BCUT2D eigenvalue weighted by Crippen LogP contribution is -2.44.